The summed E-state index contributed by atoms with van der Waals surface area (Å²) in [5.74, 6) is 0.657. The molecule has 9 nitrogen and oxygen atoms in total. The number of Topliss-reactive ketones (excluding diaryl/α,β-unsaturated/α-hetero) is 1. The zero-order chi connectivity index (χ0) is 31.6. The van der Waals surface area contributed by atoms with Gasteiger partial charge in [-0.2, -0.15) is 0 Å². The van der Waals surface area contributed by atoms with Crippen molar-refractivity contribution in [2.24, 2.45) is 5.92 Å². The third kappa shape index (κ3) is 8.12. The van der Waals surface area contributed by atoms with Crippen LogP contribution in [0.15, 0.2) is 42.0 Å². The van der Waals surface area contributed by atoms with E-state index in [-0.39, 0.29) is 11.3 Å². The molecule has 4 rings (SSSR count). The van der Waals surface area contributed by atoms with Gasteiger partial charge < -0.3 is 29.0 Å². The predicted molar refractivity (Wildman–Crippen MR) is 170 cm³/mol. The molecule has 44 heavy (non-hydrogen) atoms. The third-order valence-electron chi connectivity index (χ3n) is 8.06. The van der Waals surface area contributed by atoms with Gasteiger partial charge in [0, 0.05) is 31.7 Å². The molecule has 1 atom stereocenters. The maximum Gasteiger partial charge on any atom is 0.295 e. The SMILES string of the molecule is CCCCCOc1ccc(C2/C(=C(\O)c3ccc(OCC(C)C)cc3C)C(=O)C(=O)N2CCCN2CCOCC2)cc1OC. The summed E-state index contributed by atoms with van der Waals surface area (Å²) in [7, 11) is 1.57. The molecule has 2 aromatic rings. The largest absolute Gasteiger partial charge is 0.507 e. The summed E-state index contributed by atoms with van der Waals surface area (Å²) >= 11 is 0. The van der Waals surface area contributed by atoms with E-state index < -0.39 is 17.7 Å². The van der Waals surface area contributed by atoms with E-state index >= 15 is 0 Å². The standard InChI is InChI=1S/C35H48N2O7/c1-6-7-8-18-43-29-13-10-26(22-30(29)41-5)32-31(33(38)28-12-11-27(21-25(28)4)44-23-24(2)3)34(39)35(40)37(32)15-9-14-36-16-19-42-20-17-36/h10-13,21-22,24,32,38H,6-9,14-20,23H2,1-5H3/b33-31+. The molecular weight excluding hydrogens is 560 g/mol. The second-order valence-corrected chi connectivity index (χ2v) is 11.9. The van der Waals surface area contributed by atoms with E-state index in [1.54, 1.807) is 24.1 Å². The molecule has 1 unspecified atom stereocenters. The van der Waals surface area contributed by atoms with Crippen LogP contribution in [-0.4, -0.2) is 86.3 Å². The predicted octanol–water partition coefficient (Wildman–Crippen LogP) is 5.75. The number of hydrogen-bond acceptors (Lipinski definition) is 8. The number of likely N-dealkylation sites (tertiary alicyclic amines) is 1. The van der Waals surface area contributed by atoms with Crippen LogP contribution >= 0.6 is 0 Å². The number of carbonyl (C=O) groups is 2. The Kier molecular flexibility index (Phi) is 12.1. The Labute approximate surface area is 261 Å². The number of nitrogens with zero attached hydrogens (tertiary/aromatic N) is 2. The van der Waals surface area contributed by atoms with Crippen LogP contribution in [0.2, 0.25) is 0 Å². The molecule has 9 heteroatoms. The summed E-state index contributed by atoms with van der Waals surface area (Å²) in [4.78, 5) is 31.1. The fourth-order valence-corrected chi connectivity index (χ4v) is 5.65. The van der Waals surface area contributed by atoms with Crippen molar-refractivity contribution in [1.82, 2.24) is 9.80 Å². The normalized spacial score (nSPS) is 18.7. The molecular formula is C35H48N2O7. The van der Waals surface area contributed by atoms with Gasteiger partial charge in [0.15, 0.2) is 11.5 Å². The molecule has 2 aromatic carbocycles. The molecule has 0 aromatic heterocycles. The lowest BCUT2D eigenvalue weighted by Gasteiger charge is -2.29. The number of morpholine rings is 1. The van der Waals surface area contributed by atoms with Gasteiger partial charge in [-0.05, 0) is 67.1 Å². The number of ether oxygens (including phenoxy) is 4. The first-order valence-corrected chi connectivity index (χ1v) is 15.9. The Morgan fingerprint density at radius 2 is 1.77 bits per heavy atom. The molecule has 2 aliphatic rings. The van der Waals surface area contributed by atoms with Crippen LogP contribution in [0.5, 0.6) is 17.2 Å². The van der Waals surface area contributed by atoms with Crippen LogP contribution in [0, 0.1) is 12.8 Å². The van der Waals surface area contributed by atoms with Gasteiger partial charge >= 0.3 is 0 Å². The van der Waals surface area contributed by atoms with Crippen molar-refractivity contribution >= 4 is 17.4 Å². The fraction of sp³-hybridized carbons (Fsp3) is 0.543. The van der Waals surface area contributed by atoms with E-state index in [9.17, 15) is 14.7 Å². The maximum atomic E-state index is 13.6. The average molecular weight is 609 g/mol. The second kappa shape index (κ2) is 16.0. The highest BCUT2D eigenvalue weighted by Gasteiger charge is 2.46. The molecule has 1 N–H and O–H groups in total. The van der Waals surface area contributed by atoms with Crippen molar-refractivity contribution in [2.75, 3.05) is 59.7 Å². The topological polar surface area (TPSA) is 97.8 Å². The van der Waals surface area contributed by atoms with Crippen LogP contribution in [-0.2, 0) is 14.3 Å². The van der Waals surface area contributed by atoms with Crippen LogP contribution in [0.1, 0.15) is 69.2 Å². The van der Waals surface area contributed by atoms with Gasteiger partial charge in [-0.15, -0.1) is 0 Å². The van der Waals surface area contributed by atoms with Crippen LogP contribution < -0.4 is 14.2 Å². The minimum Gasteiger partial charge on any atom is -0.507 e. The van der Waals surface area contributed by atoms with Gasteiger partial charge in [0.2, 0.25) is 0 Å². The Morgan fingerprint density at radius 3 is 2.45 bits per heavy atom. The van der Waals surface area contributed by atoms with Gasteiger partial charge in [0.1, 0.15) is 11.5 Å². The molecule has 2 fully saturated rings. The van der Waals surface area contributed by atoms with Gasteiger partial charge in [-0.1, -0.05) is 39.7 Å². The summed E-state index contributed by atoms with van der Waals surface area (Å²) in [6.07, 6.45) is 3.78. The molecule has 240 valence electrons. The van der Waals surface area contributed by atoms with Gasteiger partial charge in [-0.25, -0.2) is 0 Å². The number of rotatable bonds is 15. The minimum absolute atomic E-state index is 0.0685. The zero-order valence-corrected chi connectivity index (χ0v) is 26.9. The first-order chi connectivity index (χ1) is 21.2. The molecule has 2 heterocycles. The van der Waals surface area contributed by atoms with Gasteiger partial charge in [-0.3, -0.25) is 14.5 Å². The molecule has 0 aliphatic carbocycles. The number of ketones is 1. The molecule has 0 spiro atoms. The lowest BCUT2D eigenvalue weighted by atomic mass is 9.93. The number of aliphatic hydroxyl groups excluding tert-OH is 1. The van der Waals surface area contributed by atoms with E-state index in [0.29, 0.717) is 73.7 Å². The highest BCUT2D eigenvalue weighted by Crippen LogP contribution is 2.42. The number of carbonyl (C=O) groups excluding carboxylic acids is 2. The number of aryl methyl sites for hydroxylation is 1. The van der Waals surface area contributed by atoms with E-state index in [4.69, 9.17) is 18.9 Å². The number of unbranched alkanes of at least 4 members (excludes halogenated alkanes) is 2. The Bertz CT molecular complexity index is 1320. The van der Waals surface area contributed by atoms with Crippen LogP contribution in [0.3, 0.4) is 0 Å². The first kappa shape index (κ1) is 33.3. The van der Waals surface area contributed by atoms with Crippen molar-refractivity contribution in [3.05, 3.63) is 58.7 Å². The van der Waals surface area contributed by atoms with Crippen molar-refractivity contribution < 1.29 is 33.6 Å². The molecule has 2 saturated heterocycles. The lowest BCUT2D eigenvalue weighted by Crippen LogP contribution is -2.39. The highest BCUT2D eigenvalue weighted by atomic mass is 16.5. The lowest BCUT2D eigenvalue weighted by molar-refractivity contribution is -0.140. The Morgan fingerprint density at radius 1 is 1.00 bits per heavy atom. The minimum atomic E-state index is -0.779. The van der Waals surface area contributed by atoms with E-state index in [1.165, 1.54) is 0 Å². The molecule has 0 bridgehead atoms. The Hall–Kier alpha value is -3.56. The first-order valence-electron chi connectivity index (χ1n) is 15.9. The van der Waals surface area contributed by atoms with Crippen molar-refractivity contribution in [3.8, 4) is 17.2 Å². The third-order valence-corrected chi connectivity index (χ3v) is 8.06. The highest BCUT2D eigenvalue weighted by molar-refractivity contribution is 6.46. The monoisotopic (exact) mass is 608 g/mol. The second-order valence-electron chi connectivity index (χ2n) is 11.9. The maximum absolute atomic E-state index is 13.6. The number of aliphatic hydroxyl groups is 1. The number of methoxy groups -OCH3 is 1. The van der Waals surface area contributed by atoms with Crippen molar-refractivity contribution in [1.29, 1.82) is 0 Å². The van der Waals surface area contributed by atoms with Gasteiger partial charge in [0.25, 0.3) is 11.7 Å². The Balaban J connectivity index is 1.69. The van der Waals surface area contributed by atoms with E-state index in [2.05, 4.69) is 25.7 Å². The van der Waals surface area contributed by atoms with E-state index in [1.807, 2.05) is 31.2 Å². The molecule has 0 radical (unpaired) electrons. The molecule has 0 saturated carbocycles. The molecule has 2 aliphatic heterocycles. The van der Waals surface area contributed by atoms with Crippen LogP contribution in [0.25, 0.3) is 5.76 Å². The summed E-state index contributed by atoms with van der Waals surface area (Å²) in [6.45, 7) is 13.5. The quantitative estimate of drug-likeness (QED) is 0.118. The fourth-order valence-electron chi connectivity index (χ4n) is 5.65. The zero-order valence-electron chi connectivity index (χ0n) is 26.9. The summed E-state index contributed by atoms with van der Waals surface area (Å²) < 4.78 is 23.0. The van der Waals surface area contributed by atoms with Crippen molar-refractivity contribution in [2.45, 2.75) is 59.4 Å². The molecule has 1 amide bonds. The number of amides is 1. The smallest absolute Gasteiger partial charge is 0.295 e. The van der Waals surface area contributed by atoms with E-state index in [0.717, 1.165) is 44.5 Å². The number of benzene rings is 2. The number of hydrogen-bond donors (Lipinski definition) is 1. The van der Waals surface area contributed by atoms with Gasteiger partial charge in [0.05, 0.1) is 45.2 Å². The summed E-state index contributed by atoms with van der Waals surface area (Å²) in [6, 6.07) is 10.1. The summed E-state index contributed by atoms with van der Waals surface area (Å²) in [5, 5.41) is 11.7. The summed E-state index contributed by atoms with van der Waals surface area (Å²) in [5.41, 5.74) is 1.97. The van der Waals surface area contributed by atoms with Crippen molar-refractivity contribution in [3.63, 3.8) is 0 Å². The van der Waals surface area contributed by atoms with Crippen LogP contribution in [0.4, 0.5) is 0 Å². The average Bonchev–Trinajstić information content (AvgIpc) is 3.27.